The summed E-state index contributed by atoms with van der Waals surface area (Å²) in [4.78, 5) is 18.0. The zero-order chi connectivity index (χ0) is 16.7. The summed E-state index contributed by atoms with van der Waals surface area (Å²) < 4.78 is 7.99. The Bertz CT molecular complexity index is 1160. The average Bonchev–Trinajstić information content (AvgIpc) is 3.08. The van der Waals surface area contributed by atoms with Gasteiger partial charge in [-0.2, -0.15) is 0 Å². The summed E-state index contributed by atoms with van der Waals surface area (Å²) in [7, 11) is 0. The van der Waals surface area contributed by atoms with Gasteiger partial charge in [0.15, 0.2) is 4.96 Å². The molecule has 120 valence electrons. The van der Waals surface area contributed by atoms with E-state index < -0.39 is 0 Å². The Labute approximate surface area is 142 Å². The van der Waals surface area contributed by atoms with Crippen LogP contribution in [-0.2, 0) is 0 Å². The summed E-state index contributed by atoms with van der Waals surface area (Å²) in [6.07, 6.45) is 1.90. The molecule has 4 aromatic rings. The van der Waals surface area contributed by atoms with Gasteiger partial charge in [-0.3, -0.25) is 4.79 Å². The van der Waals surface area contributed by atoms with Crippen molar-refractivity contribution in [3.05, 3.63) is 68.5 Å². The van der Waals surface area contributed by atoms with E-state index in [2.05, 4.69) is 4.98 Å². The molecule has 0 unspecified atom stereocenters. The molecule has 4 nitrogen and oxygen atoms in total. The number of fused-ring (bicyclic) bond motifs is 3. The summed E-state index contributed by atoms with van der Waals surface area (Å²) in [5.41, 5.74) is 3.72. The zero-order valence-electron chi connectivity index (χ0n) is 13.4. The van der Waals surface area contributed by atoms with Crippen molar-refractivity contribution in [2.24, 2.45) is 0 Å². The molecule has 24 heavy (non-hydrogen) atoms. The Hall–Kier alpha value is -2.66. The van der Waals surface area contributed by atoms with Gasteiger partial charge in [0.2, 0.25) is 0 Å². The van der Waals surface area contributed by atoms with Gasteiger partial charge < -0.3 is 4.74 Å². The predicted molar refractivity (Wildman–Crippen MR) is 98.0 cm³/mol. The van der Waals surface area contributed by atoms with Gasteiger partial charge >= 0.3 is 0 Å². The number of hydrogen-bond acceptors (Lipinski definition) is 4. The van der Waals surface area contributed by atoms with Gasteiger partial charge in [-0.25, -0.2) is 9.38 Å². The van der Waals surface area contributed by atoms with E-state index in [1.54, 1.807) is 4.40 Å². The van der Waals surface area contributed by atoms with E-state index >= 15 is 0 Å². The Morgan fingerprint density at radius 1 is 1.25 bits per heavy atom. The molecule has 2 heterocycles. The first-order valence-corrected chi connectivity index (χ1v) is 8.64. The second-order valence-electron chi connectivity index (χ2n) is 5.59. The van der Waals surface area contributed by atoms with Gasteiger partial charge in [-0.05, 0) is 49.2 Å². The number of aromatic nitrogens is 2. The number of hydrogen-bond donors (Lipinski definition) is 0. The van der Waals surface area contributed by atoms with E-state index in [9.17, 15) is 4.79 Å². The molecule has 0 amide bonds. The van der Waals surface area contributed by atoms with Crippen LogP contribution in [0.5, 0.6) is 5.75 Å². The molecular formula is C19H16N2O2S. The molecule has 0 atom stereocenters. The minimum atomic E-state index is -0.0257. The number of imidazole rings is 1. The molecule has 5 heteroatoms. The van der Waals surface area contributed by atoms with Crippen molar-refractivity contribution in [3.63, 3.8) is 0 Å². The van der Waals surface area contributed by atoms with Crippen molar-refractivity contribution in [1.29, 1.82) is 0 Å². The van der Waals surface area contributed by atoms with E-state index in [0.29, 0.717) is 11.1 Å². The SMILES string of the molecule is CCOc1cc(/C=c2\sc3nc4ccccc4n3c2=O)ccc1C. The van der Waals surface area contributed by atoms with Gasteiger partial charge in [-0.15, -0.1) is 0 Å². The topological polar surface area (TPSA) is 43.6 Å². The van der Waals surface area contributed by atoms with Crippen LogP contribution in [0, 0.1) is 6.92 Å². The third-order valence-corrected chi connectivity index (χ3v) is 4.92. The lowest BCUT2D eigenvalue weighted by molar-refractivity contribution is 0.338. The summed E-state index contributed by atoms with van der Waals surface area (Å²) >= 11 is 1.41. The summed E-state index contributed by atoms with van der Waals surface area (Å²) in [6.45, 7) is 4.60. The monoisotopic (exact) mass is 336 g/mol. The van der Waals surface area contributed by atoms with Gasteiger partial charge in [0.05, 0.1) is 22.2 Å². The van der Waals surface area contributed by atoms with Crippen molar-refractivity contribution in [2.45, 2.75) is 13.8 Å². The molecule has 0 aliphatic carbocycles. The molecule has 0 saturated carbocycles. The van der Waals surface area contributed by atoms with E-state index in [4.69, 9.17) is 4.74 Å². The van der Waals surface area contributed by atoms with Gasteiger partial charge in [-0.1, -0.05) is 35.6 Å². The maximum atomic E-state index is 12.8. The highest BCUT2D eigenvalue weighted by Gasteiger charge is 2.10. The van der Waals surface area contributed by atoms with Crippen LogP contribution < -0.4 is 14.8 Å². The molecule has 0 N–H and O–H groups in total. The van der Waals surface area contributed by atoms with Crippen molar-refractivity contribution >= 4 is 33.4 Å². The number of para-hydroxylation sites is 2. The third-order valence-electron chi connectivity index (χ3n) is 3.95. The number of aryl methyl sites for hydroxylation is 1. The van der Waals surface area contributed by atoms with Crippen molar-refractivity contribution < 1.29 is 4.74 Å². The smallest absolute Gasteiger partial charge is 0.274 e. The Morgan fingerprint density at radius 2 is 2.08 bits per heavy atom. The van der Waals surface area contributed by atoms with Crippen LogP contribution in [0.25, 0.3) is 22.1 Å². The molecule has 0 saturated heterocycles. The van der Waals surface area contributed by atoms with Crippen LogP contribution in [0.2, 0.25) is 0 Å². The second kappa shape index (κ2) is 5.76. The summed E-state index contributed by atoms with van der Waals surface area (Å²) in [5, 5.41) is 0. The lowest BCUT2D eigenvalue weighted by Crippen LogP contribution is -2.22. The number of rotatable bonds is 3. The lowest BCUT2D eigenvalue weighted by Gasteiger charge is -2.07. The van der Waals surface area contributed by atoms with E-state index in [0.717, 1.165) is 32.9 Å². The molecule has 0 radical (unpaired) electrons. The molecule has 0 spiro atoms. The third kappa shape index (κ3) is 2.37. The van der Waals surface area contributed by atoms with Gasteiger partial charge in [0.25, 0.3) is 5.56 Å². The number of thiazole rings is 1. The van der Waals surface area contributed by atoms with Gasteiger partial charge in [0.1, 0.15) is 5.75 Å². The van der Waals surface area contributed by atoms with Crippen LogP contribution in [-0.4, -0.2) is 16.0 Å². The lowest BCUT2D eigenvalue weighted by atomic mass is 10.1. The minimum absolute atomic E-state index is 0.0257. The Morgan fingerprint density at radius 3 is 2.92 bits per heavy atom. The molecule has 2 aromatic heterocycles. The minimum Gasteiger partial charge on any atom is -0.494 e. The zero-order valence-corrected chi connectivity index (χ0v) is 14.3. The van der Waals surface area contributed by atoms with Crippen molar-refractivity contribution in [2.75, 3.05) is 6.61 Å². The highest BCUT2D eigenvalue weighted by atomic mass is 32.1. The first-order valence-electron chi connectivity index (χ1n) is 7.82. The molecule has 0 aliphatic heterocycles. The number of ether oxygens (including phenoxy) is 1. The number of benzene rings is 2. The van der Waals surface area contributed by atoms with E-state index in [1.165, 1.54) is 11.3 Å². The maximum absolute atomic E-state index is 12.8. The normalized spacial score (nSPS) is 12.3. The number of nitrogens with zero attached hydrogens (tertiary/aromatic N) is 2. The van der Waals surface area contributed by atoms with Crippen molar-refractivity contribution in [3.8, 4) is 5.75 Å². The Balaban J connectivity index is 1.90. The molecular weight excluding hydrogens is 320 g/mol. The highest BCUT2D eigenvalue weighted by Crippen LogP contribution is 2.20. The fourth-order valence-electron chi connectivity index (χ4n) is 2.78. The van der Waals surface area contributed by atoms with Crippen LogP contribution in [0.1, 0.15) is 18.1 Å². The van der Waals surface area contributed by atoms with Crippen LogP contribution in [0.3, 0.4) is 0 Å². The highest BCUT2D eigenvalue weighted by molar-refractivity contribution is 7.15. The van der Waals surface area contributed by atoms with Crippen LogP contribution in [0.15, 0.2) is 47.3 Å². The van der Waals surface area contributed by atoms with E-state index in [-0.39, 0.29) is 5.56 Å². The van der Waals surface area contributed by atoms with Crippen LogP contribution >= 0.6 is 11.3 Å². The molecule has 4 rings (SSSR count). The summed E-state index contributed by atoms with van der Waals surface area (Å²) in [6, 6.07) is 13.7. The molecule has 2 aromatic carbocycles. The maximum Gasteiger partial charge on any atom is 0.274 e. The predicted octanol–water partition coefficient (Wildman–Crippen LogP) is 3.16. The fraction of sp³-hybridized carbons (Fsp3) is 0.158. The molecule has 0 fully saturated rings. The van der Waals surface area contributed by atoms with Crippen LogP contribution in [0.4, 0.5) is 0 Å². The first kappa shape index (κ1) is 14.9. The average molecular weight is 336 g/mol. The van der Waals surface area contributed by atoms with Crippen molar-refractivity contribution in [1.82, 2.24) is 9.38 Å². The quantitative estimate of drug-likeness (QED) is 0.577. The largest absolute Gasteiger partial charge is 0.494 e. The molecule has 0 aliphatic rings. The van der Waals surface area contributed by atoms with E-state index in [1.807, 2.05) is 62.4 Å². The summed E-state index contributed by atoms with van der Waals surface area (Å²) in [5.74, 6) is 0.852. The molecule has 0 bridgehead atoms. The second-order valence-corrected chi connectivity index (χ2v) is 6.60. The standard InChI is InChI=1S/C19H16N2O2S/c1-3-23-16-10-13(9-8-12(16)2)11-17-18(22)21-15-7-5-4-6-14(15)20-19(21)24-17/h4-11H,3H2,1-2H3/b17-11-. The van der Waals surface area contributed by atoms with Gasteiger partial charge in [0, 0.05) is 0 Å². The Kier molecular flexibility index (Phi) is 3.58. The fourth-order valence-corrected chi connectivity index (χ4v) is 3.77. The first-order chi connectivity index (χ1) is 11.7.